The van der Waals surface area contributed by atoms with Gasteiger partial charge in [0.25, 0.3) is 0 Å². The quantitative estimate of drug-likeness (QED) is 0.861. The summed E-state index contributed by atoms with van der Waals surface area (Å²) in [5.41, 5.74) is 2.19. The second kappa shape index (κ2) is 7.09. The molecule has 2 atom stereocenters. The molecule has 2 heterocycles. The van der Waals surface area contributed by atoms with Crippen LogP contribution in [0.5, 0.6) is 0 Å². The maximum atomic E-state index is 10.3. The SMILES string of the molecule is OCc1ccc(CN2CCCC2CC(O)c2ccco2)cc1. The summed E-state index contributed by atoms with van der Waals surface area (Å²) in [5, 5.41) is 19.4. The number of likely N-dealkylation sites (tertiary alicyclic amines) is 1. The average Bonchev–Trinajstić information content (AvgIpc) is 3.20. The van der Waals surface area contributed by atoms with Crippen molar-refractivity contribution in [3.05, 3.63) is 59.5 Å². The molecule has 1 aromatic carbocycles. The van der Waals surface area contributed by atoms with Crippen LogP contribution in [0, 0.1) is 0 Å². The van der Waals surface area contributed by atoms with E-state index in [2.05, 4.69) is 17.0 Å². The van der Waals surface area contributed by atoms with E-state index in [1.54, 1.807) is 6.26 Å². The van der Waals surface area contributed by atoms with Crippen LogP contribution in [0.1, 0.15) is 42.3 Å². The van der Waals surface area contributed by atoms with Crippen LogP contribution >= 0.6 is 0 Å². The van der Waals surface area contributed by atoms with E-state index in [4.69, 9.17) is 9.52 Å². The van der Waals surface area contributed by atoms with E-state index < -0.39 is 6.10 Å². The van der Waals surface area contributed by atoms with Gasteiger partial charge in [-0.15, -0.1) is 0 Å². The summed E-state index contributed by atoms with van der Waals surface area (Å²) in [5.74, 6) is 0.652. The van der Waals surface area contributed by atoms with Crippen molar-refractivity contribution in [2.24, 2.45) is 0 Å². The number of nitrogens with zero attached hydrogens (tertiary/aromatic N) is 1. The largest absolute Gasteiger partial charge is 0.467 e. The van der Waals surface area contributed by atoms with Crippen LogP contribution in [0.15, 0.2) is 47.1 Å². The molecule has 3 rings (SSSR count). The van der Waals surface area contributed by atoms with Gasteiger partial charge >= 0.3 is 0 Å². The Morgan fingerprint density at radius 1 is 1.18 bits per heavy atom. The lowest BCUT2D eigenvalue weighted by Gasteiger charge is -2.26. The van der Waals surface area contributed by atoms with Gasteiger partial charge in [-0.2, -0.15) is 0 Å². The van der Waals surface area contributed by atoms with Gasteiger partial charge in [0.1, 0.15) is 11.9 Å². The van der Waals surface area contributed by atoms with Crippen LogP contribution in [0.25, 0.3) is 0 Å². The average molecular weight is 301 g/mol. The van der Waals surface area contributed by atoms with Crippen molar-refractivity contribution in [1.82, 2.24) is 4.90 Å². The molecule has 1 fully saturated rings. The topological polar surface area (TPSA) is 56.8 Å². The summed E-state index contributed by atoms with van der Waals surface area (Å²) in [6.07, 6.45) is 4.07. The Morgan fingerprint density at radius 3 is 2.64 bits per heavy atom. The third-order valence-corrected chi connectivity index (χ3v) is 4.46. The van der Waals surface area contributed by atoms with Crippen LogP contribution in [0.4, 0.5) is 0 Å². The monoisotopic (exact) mass is 301 g/mol. The molecular weight excluding hydrogens is 278 g/mol. The van der Waals surface area contributed by atoms with Crippen molar-refractivity contribution in [2.75, 3.05) is 6.54 Å². The Bertz CT molecular complexity index is 565. The third kappa shape index (κ3) is 3.58. The zero-order valence-electron chi connectivity index (χ0n) is 12.7. The van der Waals surface area contributed by atoms with Crippen LogP contribution in [-0.4, -0.2) is 27.7 Å². The summed E-state index contributed by atoms with van der Waals surface area (Å²) >= 11 is 0. The van der Waals surface area contributed by atoms with Gasteiger partial charge in [0.05, 0.1) is 12.9 Å². The van der Waals surface area contributed by atoms with Crippen molar-refractivity contribution in [1.29, 1.82) is 0 Å². The molecule has 4 nitrogen and oxygen atoms in total. The van der Waals surface area contributed by atoms with Crippen LogP contribution in [0.2, 0.25) is 0 Å². The Morgan fingerprint density at radius 2 is 1.95 bits per heavy atom. The lowest BCUT2D eigenvalue weighted by Crippen LogP contribution is -2.30. The van der Waals surface area contributed by atoms with Crippen molar-refractivity contribution >= 4 is 0 Å². The second-order valence-electron chi connectivity index (χ2n) is 6.01. The highest BCUT2D eigenvalue weighted by Gasteiger charge is 2.27. The number of benzene rings is 1. The van der Waals surface area contributed by atoms with Gasteiger partial charge in [-0.25, -0.2) is 0 Å². The molecule has 0 spiro atoms. The summed E-state index contributed by atoms with van der Waals surface area (Å²) in [6, 6.07) is 12.1. The molecule has 118 valence electrons. The lowest BCUT2D eigenvalue weighted by molar-refractivity contribution is 0.0995. The summed E-state index contributed by atoms with van der Waals surface area (Å²) in [7, 11) is 0. The zero-order chi connectivity index (χ0) is 15.4. The van der Waals surface area contributed by atoms with Gasteiger partial charge in [-0.05, 0) is 49.1 Å². The van der Waals surface area contributed by atoms with Gasteiger partial charge in [0.2, 0.25) is 0 Å². The Kier molecular flexibility index (Phi) is 4.93. The van der Waals surface area contributed by atoms with E-state index in [0.717, 1.165) is 25.1 Å². The van der Waals surface area contributed by atoms with E-state index in [1.807, 2.05) is 24.3 Å². The summed E-state index contributed by atoms with van der Waals surface area (Å²) in [6.45, 7) is 2.04. The van der Waals surface area contributed by atoms with Crippen LogP contribution in [0.3, 0.4) is 0 Å². The first kappa shape index (κ1) is 15.3. The highest BCUT2D eigenvalue weighted by Crippen LogP contribution is 2.28. The predicted octanol–water partition coefficient (Wildman–Crippen LogP) is 2.86. The summed E-state index contributed by atoms with van der Waals surface area (Å²) < 4.78 is 5.29. The maximum absolute atomic E-state index is 10.3. The molecular formula is C18H23NO3. The van der Waals surface area contributed by atoms with Crippen LogP contribution in [-0.2, 0) is 13.2 Å². The van der Waals surface area contributed by atoms with Crippen molar-refractivity contribution in [2.45, 2.75) is 44.6 Å². The molecule has 1 aliphatic heterocycles. The van der Waals surface area contributed by atoms with Crippen molar-refractivity contribution in [3.8, 4) is 0 Å². The molecule has 1 saturated heterocycles. The van der Waals surface area contributed by atoms with Crippen molar-refractivity contribution in [3.63, 3.8) is 0 Å². The van der Waals surface area contributed by atoms with Crippen molar-refractivity contribution < 1.29 is 14.6 Å². The fourth-order valence-corrected chi connectivity index (χ4v) is 3.21. The van der Waals surface area contributed by atoms with Gasteiger partial charge in [-0.1, -0.05) is 24.3 Å². The molecule has 0 radical (unpaired) electrons. The number of aliphatic hydroxyl groups excluding tert-OH is 2. The Balaban J connectivity index is 1.60. The van der Waals surface area contributed by atoms with E-state index in [0.29, 0.717) is 18.2 Å². The van der Waals surface area contributed by atoms with E-state index in [1.165, 1.54) is 12.0 Å². The highest BCUT2D eigenvalue weighted by molar-refractivity contribution is 5.22. The fraction of sp³-hybridized carbons (Fsp3) is 0.444. The zero-order valence-corrected chi connectivity index (χ0v) is 12.7. The smallest absolute Gasteiger partial charge is 0.132 e. The first-order valence-electron chi connectivity index (χ1n) is 7.90. The van der Waals surface area contributed by atoms with E-state index in [-0.39, 0.29) is 6.61 Å². The summed E-state index contributed by atoms with van der Waals surface area (Å²) in [4.78, 5) is 2.43. The van der Waals surface area contributed by atoms with Crippen LogP contribution < -0.4 is 0 Å². The predicted molar refractivity (Wildman–Crippen MR) is 84.1 cm³/mol. The first-order chi connectivity index (χ1) is 10.8. The Hall–Kier alpha value is -1.62. The highest BCUT2D eigenvalue weighted by atomic mass is 16.4. The lowest BCUT2D eigenvalue weighted by atomic mass is 10.0. The molecule has 0 aliphatic carbocycles. The standard InChI is InChI=1S/C18H23NO3/c20-13-15-7-5-14(6-8-15)12-19-9-1-3-16(19)11-17(21)18-4-2-10-22-18/h2,4-8,10,16-17,20-21H,1,3,9,11-13H2. The molecule has 2 unspecified atom stereocenters. The minimum atomic E-state index is -0.530. The van der Waals surface area contributed by atoms with Gasteiger partial charge in [0, 0.05) is 12.6 Å². The molecule has 1 aromatic heterocycles. The minimum Gasteiger partial charge on any atom is -0.467 e. The van der Waals surface area contributed by atoms with Gasteiger partial charge < -0.3 is 14.6 Å². The number of rotatable bonds is 6. The molecule has 0 amide bonds. The Labute approximate surface area is 131 Å². The molecule has 0 bridgehead atoms. The van der Waals surface area contributed by atoms with Gasteiger partial charge in [0.15, 0.2) is 0 Å². The van der Waals surface area contributed by atoms with E-state index >= 15 is 0 Å². The normalized spacial score (nSPS) is 20.4. The molecule has 22 heavy (non-hydrogen) atoms. The molecule has 4 heteroatoms. The molecule has 1 aliphatic rings. The number of aliphatic hydroxyl groups is 2. The maximum Gasteiger partial charge on any atom is 0.132 e. The van der Waals surface area contributed by atoms with Gasteiger partial charge in [-0.3, -0.25) is 4.90 Å². The minimum absolute atomic E-state index is 0.0853. The first-order valence-corrected chi connectivity index (χ1v) is 7.90. The fourth-order valence-electron chi connectivity index (χ4n) is 3.21. The van der Waals surface area contributed by atoms with E-state index in [9.17, 15) is 5.11 Å². The molecule has 2 N–H and O–H groups in total. The third-order valence-electron chi connectivity index (χ3n) is 4.46. The number of hydrogen-bond acceptors (Lipinski definition) is 4. The molecule has 0 saturated carbocycles. The second-order valence-corrected chi connectivity index (χ2v) is 6.01. The number of furan rings is 1. The molecule has 2 aromatic rings. The number of hydrogen-bond donors (Lipinski definition) is 2.